The third-order valence-corrected chi connectivity index (χ3v) is 3.56. The average Bonchev–Trinajstić information content (AvgIpc) is 2.16. The molecule has 1 atom stereocenters. The number of fused-ring (bicyclic) bond motifs is 1. The van der Waals surface area contributed by atoms with Crippen molar-refractivity contribution in [1.82, 2.24) is 0 Å². The molecule has 1 aliphatic heterocycles. The highest BCUT2D eigenvalue weighted by atomic mass is 32.2. The van der Waals surface area contributed by atoms with Crippen molar-refractivity contribution in [3.05, 3.63) is 29.6 Å². The van der Waals surface area contributed by atoms with Crippen LogP contribution in [0.25, 0.3) is 0 Å². The number of halogens is 1. The predicted octanol–water partition coefficient (Wildman–Crippen LogP) is 2.17. The summed E-state index contributed by atoms with van der Waals surface area (Å²) >= 11 is 1.49. The Bertz CT molecular complexity index is 378. The van der Waals surface area contributed by atoms with E-state index in [1.165, 1.54) is 23.9 Å². The van der Waals surface area contributed by atoms with E-state index in [1.807, 2.05) is 0 Å². The zero-order chi connectivity index (χ0) is 10.1. The van der Waals surface area contributed by atoms with Gasteiger partial charge in [0.25, 0.3) is 0 Å². The number of carboxylic acid groups (broad SMARTS) is 1. The maximum atomic E-state index is 12.9. The van der Waals surface area contributed by atoms with E-state index in [4.69, 9.17) is 5.11 Å². The molecule has 0 saturated heterocycles. The smallest absolute Gasteiger partial charge is 0.307 e. The molecule has 1 unspecified atom stereocenters. The first-order valence-corrected chi connectivity index (χ1v) is 5.29. The summed E-state index contributed by atoms with van der Waals surface area (Å²) in [6.07, 6.45) is 0.440. The fraction of sp³-hybridized carbons (Fsp3) is 0.300. The van der Waals surface area contributed by atoms with Crippen LogP contribution in [0.5, 0.6) is 0 Å². The predicted molar refractivity (Wildman–Crippen MR) is 52.0 cm³/mol. The van der Waals surface area contributed by atoms with Gasteiger partial charge in [0, 0.05) is 10.6 Å². The van der Waals surface area contributed by atoms with Crippen LogP contribution in [-0.2, 0) is 11.2 Å². The van der Waals surface area contributed by atoms with Gasteiger partial charge in [-0.3, -0.25) is 4.79 Å². The van der Waals surface area contributed by atoms with Crippen LogP contribution in [0.15, 0.2) is 23.1 Å². The molecule has 0 radical (unpaired) electrons. The van der Waals surface area contributed by atoms with E-state index in [9.17, 15) is 9.18 Å². The monoisotopic (exact) mass is 212 g/mol. The minimum absolute atomic E-state index is 0.296. The van der Waals surface area contributed by atoms with Crippen molar-refractivity contribution in [3.63, 3.8) is 0 Å². The van der Waals surface area contributed by atoms with E-state index >= 15 is 0 Å². The van der Waals surface area contributed by atoms with Crippen molar-refractivity contribution in [2.75, 3.05) is 5.75 Å². The molecular weight excluding hydrogens is 203 g/mol. The summed E-state index contributed by atoms with van der Waals surface area (Å²) in [4.78, 5) is 11.7. The Morgan fingerprint density at radius 1 is 1.57 bits per heavy atom. The van der Waals surface area contributed by atoms with Crippen molar-refractivity contribution in [3.8, 4) is 0 Å². The molecule has 0 aliphatic carbocycles. The minimum Gasteiger partial charge on any atom is -0.481 e. The highest BCUT2D eigenvalue weighted by Crippen LogP contribution is 2.33. The van der Waals surface area contributed by atoms with Gasteiger partial charge in [-0.05, 0) is 30.2 Å². The van der Waals surface area contributed by atoms with E-state index < -0.39 is 5.97 Å². The third-order valence-electron chi connectivity index (χ3n) is 2.28. The number of benzene rings is 1. The normalized spacial score (nSPS) is 20.2. The fourth-order valence-electron chi connectivity index (χ4n) is 1.52. The summed E-state index contributed by atoms with van der Waals surface area (Å²) < 4.78 is 12.9. The lowest BCUT2D eigenvalue weighted by atomic mass is 10.0. The van der Waals surface area contributed by atoms with E-state index in [-0.39, 0.29) is 11.7 Å². The van der Waals surface area contributed by atoms with Crippen molar-refractivity contribution in [1.29, 1.82) is 0 Å². The van der Waals surface area contributed by atoms with Gasteiger partial charge in [0.2, 0.25) is 0 Å². The molecule has 1 aliphatic rings. The zero-order valence-electron chi connectivity index (χ0n) is 7.37. The second-order valence-electron chi connectivity index (χ2n) is 3.30. The van der Waals surface area contributed by atoms with Crippen LogP contribution in [0, 0.1) is 11.7 Å². The second kappa shape index (κ2) is 3.61. The molecule has 2 rings (SSSR count). The van der Waals surface area contributed by atoms with Crippen molar-refractivity contribution in [2.45, 2.75) is 11.3 Å². The molecule has 14 heavy (non-hydrogen) atoms. The van der Waals surface area contributed by atoms with E-state index in [1.54, 1.807) is 6.07 Å². The number of hydrogen-bond donors (Lipinski definition) is 1. The van der Waals surface area contributed by atoms with Crippen LogP contribution < -0.4 is 0 Å². The van der Waals surface area contributed by atoms with Gasteiger partial charge >= 0.3 is 5.97 Å². The fourth-order valence-corrected chi connectivity index (χ4v) is 2.65. The molecule has 4 heteroatoms. The third kappa shape index (κ3) is 1.75. The molecule has 0 fully saturated rings. The lowest BCUT2D eigenvalue weighted by Gasteiger charge is -2.20. The zero-order valence-corrected chi connectivity index (χ0v) is 8.18. The van der Waals surface area contributed by atoms with Gasteiger partial charge in [-0.25, -0.2) is 4.39 Å². The Balaban J connectivity index is 2.29. The molecular formula is C10H9FO2S. The first kappa shape index (κ1) is 9.52. The molecule has 0 bridgehead atoms. The molecule has 1 heterocycles. The maximum Gasteiger partial charge on any atom is 0.307 e. The van der Waals surface area contributed by atoms with Gasteiger partial charge in [-0.15, -0.1) is 11.8 Å². The summed E-state index contributed by atoms with van der Waals surface area (Å²) in [6, 6.07) is 4.55. The van der Waals surface area contributed by atoms with Crippen LogP contribution in [0.4, 0.5) is 4.39 Å². The summed E-state index contributed by atoms with van der Waals surface area (Å²) in [6.45, 7) is 0. The Morgan fingerprint density at radius 3 is 3.07 bits per heavy atom. The van der Waals surface area contributed by atoms with Gasteiger partial charge in [0.1, 0.15) is 5.82 Å². The molecule has 0 spiro atoms. The van der Waals surface area contributed by atoms with Gasteiger partial charge < -0.3 is 5.11 Å². The first-order chi connectivity index (χ1) is 6.66. The summed E-state index contributed by atoms with van der Waals surface area (Å²) in [5, 5.41) is 8.83. The van der Waals surface area contributed by atoms with Crippen LogP contribution in [0.1, 0.15) is 5.56 Å². The molecule has 1 N–H and O–H groups in total. The van der Waals surface area contributed by atoms with Gasteiger partial charge in [-0.1, -0.05) is 0 Å². The van der Waals surface area contributed by atoms with Crippen LogP contribution in [0.2, 0.25) is 0 Å². The lowest BCUT2D eigenvalue weighted by molar-refractivity contribution is -0.140. The SMILES string of the molecule is O=C(O)C1CSc2ccc(F)cc2C1. The van der Waals surface area contributed by atoms with Crippen LogP contribution >= 0.6 is 11.8 Å². The van der Waals surface area contributed by atoms with E-state index in [2.05, 4.69) is 0 Å². The Morgan fingerprint density at radius 2 is 2.36 bits per heavy atom. The summed E-state index contributed by atoms with van der Waals surface area (Å²) in [7, 11) is 0. The summed E-state index contributed by atoms with van der Waals surface area (Å²) in [5.74, 6) is -0.898. The quantitative estimate of drug-likeness (QED) is 0.775. The number of rotatable bonds is 1. The van der Waals surface area contributed by atoms with Gasteiger partial charge in [0.05, 0.1) is 5.92 Å². The second-order valence-corrected chi connectivity index (χ2v) is 4.36. The topological polar surface area (TPSA) is 37.3 Å². The average molecular weight is 212 g/mol. The highest BCUT2D eigenvalue weighted by molar-refractivity contribution is 7.99. The number of carboxylic acids is 1. The van der Waals surface area contributed by atoms with Crippen LogP contribution in [-0.4, -0.2) is 16.8 Å². The Kier molecular flexibility index (Phi) is 2.46. The number of aliphatic carboxylic acids is 1. The van der Waals surface area contributed by atoms with Crippen LogP contribution in [0.3, 0.4) is 0 Å². The molecule has 0 aromatic heterocycles. The largest absolute Gasteiger partial charge is 0.481 e. The lowest BCUT2D eigenvalue weighted by Crippen LogP contribution is -2.22. The highest BCUT2D eigenvalue weighted by Gasteiger charge is 2.24. The minimum atomic E-state index is -0.799. The van der Waals surface area contributed by atoms with E-state index in [0.29, 0.717) is 12.2 Å². The van der Waals surface area contributed by atoms with Crippen molar-refractivity contribution in [2.24, 2.45) is 5.92 Å². The van der Waals surface area contributed by atoms with E-state index in [0.717, 1.165) is 10.5 Å². The van der Waals surface area contributed by atoms with Gasteiger partial charge in [-0.2, -0.15) is 0 Å². The maximum absolute atomic E-state index is 12.9. The number of thioether (sulfide) groups is 1. The number of carbonyl (C=O) groups is 1. The molecule has 74 valence electrons. The summed E-state index contributed by atoms with van der Waals surface area (Å²) in [5.41, 5.74) is 0.814. The number of hydrogen-bond acceptors (Lipinski definition) is 2. The molecule has 0 amide bonds. The Hall–Kier alpha value is -1.03. The Labute approximate surface area is 85.1 Å². The molecule has 0 saturated carbocycles. The standard InChI is InChI=1S/C10H9FO2S/c11-8-1-2-9-6(4-8)3-7(5-14-9)10(12)13/h1-2,4,7H,3,5H2,(H,12,13). The first-order valence-electron chi connectivity index (χ1n) is 4.31. The van der Waals surface area contributed by atoms with Crippen molar-refractivity contribution >= 4 is 17.7 Å². The molecule has 1 aromatic carbocycles. The molecule has 1 aromatic rings. The van der Waals surface area contributed by atoms with Gasteiger partial charge in [0.15, 0.2) is 0 Å². The van der Waals surface area contributed by atoms with Crippen molar-refractivity contribution < 1.29 is 14.3 Å². The molecule has 2 nitrogen and oxygen atoms in total.